The van der Waals surface area contributed by atoms with Crippen LogP contribution >= 0.6 is 12.6 Å². The number of carbonyl (C=O) groups excluding carboxylic acids is 1. The van der Waals surface area contributed by atoms with Crippen LogP contribution in [-0.2, 0) is 4.79 Å². The predicted octanol–water partition coefficient (Wildman–Crippen LogP) is 3.21. The standard InChI is InChI=1S/C12H24O2S.2CH3.Sn/c1-10(2)8-6-4-3-5-7-9-11(15)12(13)14;;;/h10-11,15H,3-9H2,1-2H3,(H,13,14);2*1H3;/q;;;+1/p-1. The van der Waals surface area contributed by atoms with Gasteiger partial charge in [-0.3, -0.25) is 0 Å². The van der Waals surface area contributed by atoms with Gasteiger partial charge in [0.05, 0.1) is 5.97 Å². The minimum atomic E-state index is -1.04. The van der Waals surface area contributed by atoms with Crippen molar-refractivity contribution in [1.82, 2.24) is 0 Å². The van der Waals surface area contributed by atoms with Crippen LogP contribution in [0.2, 0.25) is 9.88 Å². The molecule has 0 aliphatic rings. The van der Waals surface area contributed by atoms with Gasteiger partial charge >= 0.3 is 31.0 Å². The molecule has 0 saturated carbocycles. The number of rotatable bonds is 9. The van der Waals surface area contributed by atoms with Crippen LogP contribution in [-0.4, -0.2) is 32.4 Å². The van der Waals surface area contributed by atoms with Gasteiger partial charge in [0, 0.05) is 5.25 Å². The van der Waals surface area contributed by atoms with Crippen molar-refractivity contribution in [2.24, 2.45) is 5.92 Å². The van der Waals surface area contributed by atoms with E-state index in [0.717, 1.165) is 18.8 Å². The zero-order valence-electron chi connectivity index (χ0n) is 12.4. The Balaban J connectivity index is 0. The van der Waals surface area contributed by atoms with Gasteiger partial charge in [-0.2, -0.15) is 12.6 Å². The first-order valence-corrected chi connectivity index (χ1v) is 13.2. The molecule has 0 bridgehead atoms. The normalized spacial score (nSPS) is 11.7. The van der Waals surface area contributed by atoms with Gasteiger partial charge in [0.1, 0.15) is 0 Å². The Morgan fingerprint density at radius 1 is 1.06 bits per heavy atom. The molecule has 1 unspecified atom stereocenters. The Labute approximate surface area is 129 Å². The number of hydrogen-bond donors (Lipinski definition) is 1. The summed E-state index contributed by atoms with van der Waals surface area (Å²) in [5, 5.41) is 9.77. The molecule has 18 heavy (non-hydrogen) atoms. The van der Waals surface area contributed by atoms with E-state index < -0.39 is 11.2 Å². The Hall–Kier alpha value is 0.619. The van der Waals surface area contributed by atoms with Crippen molar-refractivity contribution in [3.05, 3.63) is 0 Å². The second-order valence-corrected chi connectivity index (χ2v) is 8.55. The molecule has 107 valence electrons. The average Bonchev–Trinajstić information content (AvgIpc) is 2.28. The van der Waals surface area contributed by atoms with Gasteiger partial charge in [-0.1, -0.05) is 52.4 Å². The van der Waals surface area contributed by atoms with Crippen LogP contribution < -0.4 is 5.11 Å². The molecule has 0 aliphatic heterocycles. The molecule has 0 aromatic heterocycles. The van der Waals surface area contributed by atoms with Crippen molar-refractivity contribution < 1.29 is 9.90 Å². The third-order valence-corrected chi connectivity index (χ3v) is 3.00. The number of carboxylic acid groups (broad SMARTS) is 1. The fourth-order valence-electron chi connectivity index (χ4n) is 1.54. The number of carbonyl (C=O) groups is 1. The van der Waals surface area contributed by atoms with Crippen molar-refractivity contribution in [1.29, 1.82) is 0 Å². The topological polar surface area (TPSA) is 40.1 Å². The van der Waals surface area contributed by atoms with E-state index in [4.69, 9.17) is 0 Å². The summed E-state index contributed by atoms with van der Waals surface area (Å²) in [4.78, 5) is 14.9. The maximum absolute atomic E-state index is 10.4. The van der Waals surface area contributed by atoms with E-state index >= 15 is 0 Å². The molecule has 4 heteroatoms. The number of aliphatic carboxylic acids is 1. The Morgan fingerprint density at radius 3 is 1.83 bits per heavy atom. The molecule has 0 fully saturated rings. The van der Waals surface area contributed by atoms with E-state index in [1.54, 1.807) is 0 Å². The summed E-state index contributed by atoms with van der Waals surface area (Å²) in [6.07, 6.45) is 7.76. The summed E-state index contributed by atoms with van der Waals surface area (Å²) in [6, 6.07) is 0. The fourth-order valence-corrected chi connectivity index (χ4v) is 1.72. The zero-order chi connectivity index (χ0) is 14.4. The van der Waals surface area contributed by atoms with Crippen molar-refractivity contribution in [2.45, 2.75) is 73.9 Å². The third kappa shape index (κ3) is 19.0. The number of carboxylic acids is 1. The maximum atomic E-state index is 10.4. The number of hydrogen-bond acceptors (Lipinski definition) is 3. The monoisotopic (exact) mass is 381 g/mol. The van der Waals surface area contributed by atoms with E-state index in [-0.39, 0.29) is 21.1 Å². The quantitative estimate of drug-likeness (QED) is 0.379. The average molecular weight is 380 g/mol. The molecule has 0 aromatic rings. The van der Waals surface area contributed by atoms with Crippen LogP contribution in [0, 0.1) is 5.92 Å². The molecule has 1 radical (unpaired) electrons. The van der Waals surface area contributed by atoms with Crippen LogP contribution in [0.15, 0.2) is 0 Å². The molecule has 0 spiro atoms. The van der Waals surface area contributed by atoms with Crippen LogP contribution in [0.5, 0.6) is 0 Å². The molecule has 0 saturated heterocycles. The molecular weight excluding hydrogens is 351 g/mol. The van der Waals surface area contributed by atoms with Gasteiger partial charge in [-0.25, -0.2) is 0 Å². The van der Waals surface area contributed by atoms with Gasteiger partial charge in [-0.15, -0.1) is 0 Å². The van der Waals surface area contributed by atoms with E-state index in [9.17, 15) is 9.90 Å². The Morgan fingerprint density at radius 2 is 1.44 bits per heavy atom. The second-order valence-electron chi connectivity index (χ2n) is 5.07. The first kappa shape index (κ1) is 20.9. The van der Waals surface area contributed by atoms with E-state index in [0.29, 0.717) is 6.42 Å². The van der Waals surface area contributed by atoms with Crippen LogP contribution in [0.25, 0.3) is 0 Å². The van der Waals surface area contributed by atoms with Crippen molar-refractivity contribution >= 4 is 39.7 Å². The predicted molar refractivity (Wildman–Crippen MR) is 82.4 cm³/mol. The molecule has 2 nitrogen and oxygen atoms in total. The minimum absolute atomic E-state index is 0.230. The van der Waals surface area contributed by atoms with E-state index in [1.807, 2.05) is 0 Å². The Kier molecular flexibility index (Phi) is 18.2. The second kappa shape index (κ2) is 15.7. The van der Waals surface area contributed by atoms with Crippen molar-refractivity contribution in [2.75, 3.05) is 0 Å². The number of unbranched alkanes of at least 4 members (excludes halogenated alkanes) is 4. The SMILES string of the molecule is CC(C)CCCCCCCC(S)C(=O)[O-].[CH3][Sn+][CH3]. The first-order valence-electron chi connectivity index (χ1n) is 6.93. The van der Waals surface area contributed by atoms with Crippen molar-refractivity contribution in [3.8, 4) is 0 Å². The van der Waals surface area contributed by atoms with Crippen LogP contribution in [0.3, 0.4) is 0 Å². The molecule has 0 heterocycles. The molecule has 0 amide bonds. The molecule has 0 aliphatic carbocycles. The molecule has 0 N–H and O–H groups in total. The summed E-state index contributed by atoms with van der Waals surface area (Å²) in [5.74, 6) is -0.247. The molecule has 0 rings (SSSR count). The summed E-state index contributed by atoms with van der Waals surface area (Å²) in [6.45, 7) is 4.48. The summed E-state index contributed by atoms with van der Waals surface area (Å²) >= 11 is 4.16. The van der Waals surface area contributed by atoms with Crippen LogP contribution in [0.1, 0.15) is 58.8 Å². The third-order valence-electron chi connectivity index (χ3n) is 2.53. The summed E-state index contributed by atoms with van der Waals surface area (Å²) in [7, 11) is 0. The zero-order valence-corrected chi connectivity index (χ0v) is 16.1. The molecular formula is C14H29O2SSn. The summed E-state index contributed by atoms with van der Waals surface area (Å²) in [5.41, 5.74) is 0. The molecule has 0 aromatic carbocycles. The van der Waals surface area contributed by atoms with Gasteiger partial charge in [0.2, 0.25) is 0 Å². The Bertz CT molecular complexity index is 187. The fraction of sp³-hybridized carbons (Fsp3) is 0.929. The van der Waals surface area contributed by atoms with Gasteiger partial charge in [0.25, 0.3) is 0 Å². The van der Waals surface area contributed by atoms with E-state index in [1.165, 1.54) is 25.7 Å². The van der Waals surface area contributed by atoms with Gasteiger partial charge < -0.3 is 9.90 Å². The van der Waals surface area contributed by atoms with Gasteiger partial charge in [0.15, 0.2) is 0 Å². The van der Waals surface area contributed by atoms with Gasteiger partial charge in [-0.05, 0) is 12.3 Å². The van der Waals surface area contributed by atoms with E-state index in [2.05, 4.69) is 36.4 Å². The first-order chi connectivity index (χ1) is 8.45. The summed E-state index contributed by atoms with van der Waals surface area (Å²) < 4.78 is 0. The van der Waals surface area contributed by atoms with Crippen LogP contribution in [0.4, 0.5) is 0 Å². The van der Waals surface area contributed by atoms with Crippen molar-refractivity contribution in [3.63, 3.8) is 0 Å². The molecule has 1 atom stereocenters. The number of thiol groups is 1.